The molecule has 0 amide bonds. The predicted octanol–water partition coefficient (Wildman–Crippen LogP) is 2.89. The van der Waals surface area contributed by atoms with Crippen LogP contribution in [0.2, 0.25) is 0 Å². The summed E-state index contributed by atoms with van der Waals surface area (Å²) in [6, 6.07) is 8.88. The Bertz CT molecular complexity index is 388. The Morgan fingerprint density at radius 2 is 1.87 bits per heavy atom. The molecule has 0 saturated carbocycles. The number of carbonyl (C=O) groups excluding carboxylic acids is 1. The molecule has 1 aromatic carbocycles. The first-order chi connectivity index (χ1) is 7.27. The minimum absolute atomic E-state index is 0.383. The van der Waals surface area contributed by atoms with E-state index < -0.39 is 5.97 Å². The lowest BCUT2D eigenvalue weighted by Crippen LogP contribution is -2.09. The molecule has 0 heterocycles. The first kappa shape index (κ1) is 11.0. The molecule has 0 bridgehead atoms. The van der Waals surface area contributed by atoms with Gasteiger partial charge in [-0.15, -0.1) is 0 Å². The lowest BCUT2D eigenvalue weighted by Gasteiger charge is -2.03. The van der Waals surface area contributed by atoms with Gasteiger partial charge in [-0.1, -0.05) is 43.5 Å². The summed E-state index contributed by atoms with van der Waals surface area (Å²) < 4.78 is 5.09. The molecule has 1 aromatic rings. The molecule has 0 aromatic heterocycles. The Kier molecular flexibility index (Phi) is 4.10. The molecule has 76 valence electrons. The smallest absolute Gasteiger partial charge is 0.343 e. The van der Waals surface area contributed by atoms with Crippen LogP contribution >= 0.6 is 0 Å². The summed E-state index contributed by atoms with van der Waals surface area (Å²) in [6.45, 7) is 7.03. The summed E-state index contributed by atoms with van der Waals surface area (Å²) in [5, 5.41) is 0. The van der Waals surface area contributed by atoms with Gasteiger partial charge in [0.05, 0.1) is 5.57 Å². The number of ether oxygens (including phenoxy) is 1. The topological polar surface area (TPSA) is 26.3 Å². The summed E-state index contributed by atoms with van der Waals surface area (Å²) >= 11 is 0. The first-order valence-electron chi connectivity index (χ1n) is 4.50. The van der Waals surface area contributed by atoms with E-state index in [1.807, 2.05) is 6.07 Å². The summed E-state index contributed by atoms with van der Waals surface area (Å²) in [4.78, 5) is 11.5. The van der Waals surface area contributed by atoms with E-state index in [1.165, 1.54) is 12.2 Å². The first-order valence-corrected chi connectivity index (χ1v) is 4.50. The van der Waals surface area contributed by atoms with E-state index in [-0.39, 0.29) is 0 Å². The highest BCUT2D eigenvalue weighted by atomic mass is 16.5. The van der Waals surface area contributed by atoms with Crippen LogP contribution in [-0.4, -0.2) is 5.97 Å². The standard InChI is InChI=1S/C13H12O2/c1-3-8-11(4-2)13(14)15-12-9-6-5-7-10-12/h3-10H,1-2H2. The number of benzene rings is 1. The third-order valence-electron chi connectivity index (χ3n) is 1.71. The molecule has 0 aliphatic rings. The second kappa shape index (κ2) is 5.60. The quantitative estimate of drug-likeness (QED) is 0.323. The number of hydrogen-bond acceptors (Lipinski definition) is 2. The zero-order valence-corrected chi connectivity index (χ0v) is 8.35. The SMILES string of the molecule is C=CC=C(C=C)C(=O)Oc1ccccc1. The maximum Gasteiger partial charge on any atom is 0.343 e. The van der Waals surface area contributed by atoms with E-state index in [1.54, 1.807) is 30.3 Å². The highest BCUT2D eigenvalue weighted by Gasteiger charge is 2.07. The van der Waals surface area contributed by atoms with Crippen molar-refractivity contribution < 1.29 is 9.53 Å². The normalized spacial score (nSPS) is 10.5. The van der Waals surface area contributed by atoms with Gasteiger partial charge < -0.3 is 4.74 Å². The summed E-state index contributed by atoms with van der Waals surface area (Å²) in [7, 11) is 0. The van der Waals surface area contributed by atoms with Gasteiger partial charge in [0.15, 0.2) is 0 Å². The number of hydrogen-bond donors (Lipinski definition) is 0. The molecule has 1 rings (SSSR count). The monoisotopic (exact) mass is 200 g/mol. The van der Waals surface area contributed by atoms with Crippen molar-refractivity contribution >= 4 is 5.97 Å². The van der Waals surface area contributed by atoms with Crippen molar-refractivity contribution in [1.82, 2.24) is 0 Å². The van der Waals surface area contributed by atoms with Gasteiger partial charge in [0.25, 0.3) is 0 Å². The Hall–Kier alpha value is -2.09. The minimum atomic E-state index is -0.434. The maximum atomic E-state index is 11.5. The number of esters is 1. The molecule has 0 aliphatic carbocycles. The summed E-state index contributed by atoms with van der Waals surface area (Å²) in [5.74, 6) is 0.0791. The fourth-order valence-corrected chi connectivity index (χ4v) is 1.00. The van der Waals surface area contributed by atoms with Crippen molar-refractivity contribution in [3.05, 3.63) is 67.3 Å². The molecule has 0 N–H and O–H groups in total. The maximum absolute atomic E-state index is 11.5. The van der Waals surface area contributed by atoms with Crippen LogP contribution in [-0.2, 0) is 4.79 Å². The van der Waals surface area contributed by atoms with Crippen LogP contribution in [0.5, 0.6) is 5.75 Å². The van der Waals surface area contributed by atoms with Crippen molar-refractivity contribution in [2.45, 2.75) is 0 Å². The van der Waals surface area contributed by atoms with Crippen LogP contribution in [0.1, 0.15) is 0 Å². The van der Waals surface area contributed by atoms with Gasteiger partial charge in [0.1, 0.15) is 5.75 Å². The lowest BCUT2D eigenvalue weighted by molar-refractivity contribution is -0.129. The van der Waals surface area contributed by atoms with E-state index in [2.05, 4.69) is 13.2 Å². The van der Waals surface area contributed by atoms with Crippen molar-refractivity contribution in [3.8, 4) is 5.75 Å². The zero-order chi connectivity index (χ0) is 11.1. The fraction of sp³-hybridized carbons (Fsp3) is 0. The summed E-state index contributed by atoms with van der Waals surface area (Å²) in [6.07, 6.45) is 4.51. The van der Waals surface area contributed by atoms with Gasteiger partial charge in [-0.3, -0.25) is 0 Å². The molecule has 0 saturated heterocycles. The molecule has 2 heteroatoms. The largest absolute Gasteiger partial charge is 0.423 e. The number of carbonyl (C=O) groups is 1. The van der Waals surface area contributed by atoms with Gasteiger partial charge in [0, 0.05) is 0 Å². The van der Waals surface area contributed by atoms with Crippen molar-refractivity contribution in [2.24, 2.45) is 0 Å². The van der Waals surface area contributed by atoms with E-state index in [4.69, 9.17) is 4.74 Å². The third-order valence-corrected chi connectivity index (χ3v) is 1.71. The third kappa shape index (κ3) is 3.27. The zero-order valence-electron chi connectivity index (χ0n) is 8.35. The molecule has 0 unspecified atom stereocenters. The lowest BCUT2D eigenvalue weighted by atomic mass is 10.2. The van der Waals surface area contributed by atoms with Crippen LogP contribution in [0.25, 0.3) is 0 Å². The molecule has 0 fully saturated rings. The number of rotatable bonds is 4. The van der Waals surface area contributed by atoms with Gasteiger partial charge in [-0.2, -0.15) is 0 Å². The summed E-state index contributed by atoms with van der Waals surface area (Å²) in [5.41, 5.74) is 0.383. The van der Waals surface area contributed by atoms with E-state index in [9.17, 15) is 4.79 Å². The Morgan fingerprint density at radius 3 is 2.40 bits per heavy atom. The highest BCUT2D eigenvalue weighted by molar-refractivity contribution is 5.93. The average Bonchev–Trinajstić information content (AvgIpc) is 2.27. The molecule has 0 spiro atoms. The minimum Gasteiger partial charge on any atom is -0.423 e. The van der Waals surface area contributed by atoms with Crippen LogP contribution in [0, 0.1) is 0 Å². The van der Waals surface area contributed by atoms with Crippen molar-refractivity contribution in [1.29, 1.82) is 0 Å². The van der Waals surface area contributed by atoms with Crippen LogP contribution < -0.4 is 4.74 Å². The predicted molar refractivity (Wildman–Crippen MR) is 60.6 cm³/mol. The highest BCUT2D eigenvalue weighted by Crippen LogP contribution is 2.11. The van der Waals surface area contributed by atoms with Gasteiger partial charge in [-0.25, -0.2) is 4.79 Å². The second-order valence-corrected chi connectivity index (χ2v) is 2.76. The molecular weight excluding hydrogens is 188 g/mol. The van der Waals surface area contributed by atoms with Crippen molar-refractivity contribution in [3.63, 3.8) is 0 Å². The molecular formula is C13H12O2. The van der Waals surface area contributed by atoms with Crippen molar-refractivity contribution in [2.75, 3.05) is 0 Å². The van der Waals surface area contributed by atoms with Crippen LogP contribution in [0.3, 0.4) is 0 Å². The average molecular weight is 200 g/mol. The fourth-order valence-electron chi connectivity index (χ4n) is 1.00. The van der Waals surface area contributed by atoms with Crippen LogP contribution in [0.15, 0.2) is 67.3 Å². The molecule has 0 aliphatic heterocycles. The van der Waals surface area contributed by atoms with Gasteiger partial charge in [0.2, 0.25) is 0 Å². The molecule has 0 radical (unpaired) electrons. The molecule has 0 atom stereocenters. The van der Waals surface area contributed by atoms with E-state index in [0.717, 1.165) is 0 Å². The number of para-hydroxylation sites is 1. The number of allylic oxidation sites excluding steroid dienone is 2. The Morgan fingerprint density at radius 1 is 1.20 bits per heavy atom. The molecule has 2 nitrogen and oxygen atoms in total. The van der Waals surface area contributed by atoms with Gasteiger partial charge >= 0.3 is 5.97 Å². The second-order valence-electron chi connectivity index (χ2n) is 2.76. The van der Waals surface area contributed by atoms with E-state index >= 15 is 0 Å². The Balaban J connectivity index is 2.75. The Labute approximate surface area is 89.2 Å². The van der Waals surface area contributed by atoms with E-state index in [0.29, 0.717) is 11.3 Å². The van der Waals surface area contributed by atoms with Crippen LogP contribution in [0.4, 0.5) is 0 Å². The van der Waals surface area contributed by atoms with Gasteiger partial charge in [-0.05, 0) is 18.2 Å². The molecule has 15 heavy (non-hydrogen) atoms.